The van der Waals surface area contributed by atoms with Crippen LogP contribution in [0.5, 0.6) is 0 Å². The third-order valence-corrected chi connectivity index (χ3v) is 5.09. The standard InChI is InChI=1S/C26H19F5N6/c1-3-15(2)34-18-10-11-20(27)22(13-18)35-24-19(16-6-8-17(9-7-16)26(29,30)31)14-33-25(37-24)36-21-5-4-12-32-23(21)28/h3-14,34H,1-2H2,(H2,33,35,36,37). The maximum atomic E-state index is 14.7. The van der Waals surface area contributed by atoms with Gasteiger partial charge in [-0.15, -0.1) is 0 Å². The summed E-state index contributed by atoms with van der Waals surface area (Å²) < 4.78 is 67.9. The van der Waals surface area contributed by atoms with Crippen LogP contribution in [0.1, 0.15) is 5.56 Å². The minimum atomic E-state index is -4.51. The molecule has 0 aliphatic heterocycles. The zero-order valence-electron chi connectivity index (χ0n) is 19.1. The van der Waals surface area contributed by atoms with Gasteiger partial charge in [0, 0.05) is 29.3 Å². The van der Waals surface area contributed by atoms with Crippen LogP contribution in [0.15, 0.2) is 91.9 Å². The van der Waals surface area contributed by atoms with Gasteiger partial charge in [-0.3, -0.25) is 0 Å². The highest BCUT2D eigenvalue weighted by Gasteiger charge is 2.30. The highest BCUT2D eigenvalue weighted by Crippen LogP contribution is 2.35. The predicted molar refractivity (Wildman–Crippen MR) is 133 cm³/mol. The first kappa shape index (κ1) is 25.3. The molecule has 0 atom stereocenters. The molecular weight excluding hydrogens is 491 g/mol. The fraction of sp³-hybridized carbons (Fsp3) is 0.0385. The molecule has 0 saturated carbocycles. The summed E-state index contributed by atoms with van der Waals surface area (Å²) in [5, 5.41) is 8.49. The van der Waals surface area contributed by atoms with Gasteiger partial charge in [-0.2, -0.15) is 22.5 Å². The van der Waals surface area contributed by atoms with E-state index >= 15 is 0 Å². The van der Waals surface area contributed by atoms with E-state index in [4.69, 9.17) is 0 Å². The summed E-state index contributed by atoms with van der Waals surface area (Å²) in [7, 11) is 0. The lowest BCUT2D eigenvalue weighted by Gasteiger charge is -2.15. The van der Waals surface area contributed by atoms with Crippen LogP contribution in [0.2, 0.25) is 0 Å². The molecule has 6 nitrogen and oxygen atoms in total. The van der Waals surface area contributed by atoms with E-state index in [-0.39, 0.29) is 28.7 Å². The van der Waals surface area contributed by atoms with Gasteiger partial charge in [-0.1, -0.05) is 25.3 Å². The van der Waals surface area contributed by atoms with Crippen LogP contribution in [0.25, 0.3) is 11.1 Å². The first-order valence-corrected chi connectivity index (χ1v) is 10.7. The topological polar surface area (TPSA) is 74.8 Å². The number of nitrogens with one attached hydrogen (secondary N) is 3. The molecule has 0 fully saturated rings. The number of nitrogens with zero attached hydrogens (tertiary/aromatic N) is 3. The van der Waals surface area contributed by atoms with E-state index in [0.717, 1.165) is 12.1 Å². The number of aromatic nitrogens is 3. The van der Waals surface area contributed by atoms with Crippen LogP contribution in [0.4, 0.5) is 50.8 Å². The molecule has 0 bridgehead atoms. The van der Waals surface area contributed by atoms with E-state index < -0.39 is 23.5 Å². The number of benzene rings is 2. The number of anilines is 5. The number of halogens is 5. The molecule has 0 aliphatic rings. The van der Waals surface area contributed by atoms with Crippen molar-refractivity contribution >= 4 is 28.8 Å². The summed E-state index contributed by atoms with van der Waals surface area (Å²) in [6.07, 6.45) is -0.427. The van der Waals surface area contributed by atoms with Crippen LogP contribution < -0.4 is 16.0 Å². The van der Waals surface area contributed by atoms with Gasteiger partial charge in [0.15, 0.2) is 0 Å². The third-order valence-electron chi connectivity index (χ3n) is 5.09. The van der Waals surface area contributed by atoms with E-state index in [1.165, 1.54) is 60.9 Å². The summed E-state index contributed by atoms with van der Waals surface area (Å²) in [5.74, 6) is -1.42. The second-order valence-corrected chi connectivity index (χ2v) is 7.67. The smallest absolute Gasteiger partial charge is 0.356 e. The Bertz CT molecular complexity index is 1450. The fourth-order valence-corrected chi connectivity index (χ4v) is 3.25. The largest absolute Gasteiger partial charge is 0.416 e. The van der Waals surface area contributed by atoms with Crippen molar-refractivity contribution in [2.75, 3.05) is 16.0 Å². The van der Waals surface area contributed by atoms with Crippen LogP contribution in [0, 0.1) is 11.8 Å². The van der Waals surface area contributed by atoms with E-state index in [0.29, 0.717) is 16.9 Å². The molecule has 0 saturated heterocycles. The van der Waals surface area contributed by atoms with Crippen molar-refractivity contribution in [2.45, 2.75) is 6.18 Å². The Balaban J connectivity index is 1.75. The van der Waals surface area contributed by atoms with Crippen molar-refractivity contribution in [1.82, 2.24) is 15.0 Å². The molecule has 2 aromatic heterocycles. The van der Waals surface area contributed by atoms with Crippen LogP contribution in [-0.4, -0.2) is 15.0 Å². The van der Waals surface area contributed by atoms with E-state index in [1.54, 1.807) is 0 Å². The van der Waals surface area contributed by atoms with Gasteiger partial charge < -0.3 is 16.0 Å². The highest BCUT2D eigenvalue weighted by atomic mass is 19.4. The molecule has 11 heteroatoms. The Labute approximate surface area is 208 Å². The molecule has 0 spiro atoms. The van der Waals surface area contributed by atoms with Crippen LogP contribution in [0.3, 0.4) is 0 Å². The Morgan fingerprint density at radius 1 is 0.919 bits per heavy atom. The first-order chi connectivity index (χ1) is 17.6. The second-order valence-electron chi connectivity index (χ2n) is 7.67. The number of hydrogen-bond donors (Lipinski definition) is 3. The van der Waals surface area contributed by atoms with Gasteiger partial charge in [0.1, 0.15) is 11.6 Å². The predicted octanol–water partition coefficient (Wildman–Crippen LogP) is 7.43. The van der Waals surface area contributed by atoms with Crippen molar-refractivity contribution in [3.05, 3.63) is 109 Å². The third kappa shape index (κ3) is 6.07. The Kier molecular flexibility index (Phi) is 7.14. The first-order valence-electron chi connectivity index (χ1n) is 10.7. The van der Waals surface area contributed by atoms with Gasteiger partial charge >= 0.3 is 6.18 Å². The van der Waals surface area contributed by atoms with Gasteiger partial charge in [-0.05, 0) is 54.1 Å². The van der Waals surface area contributed by atoms with E-state index in [1.807, 2.05) is 0 Å². The molecule has 4 aromatic rings. The minimum Gasteiger partial charge on any atom is -0.356 e. The molecule has 0 aliphatic carbocycles. The number of alkyl halides is 3. The SMILES string of the molecule is C=CC(=C)Nc1ccc(F)c(Nc2nc(Nc3cccnc3F)ncc2-c2ccc(C(F)(F)F)cc2)c1. The maximum Gasteiger partial charge on any atom is 0.416 e. The van der Waals surface area contributed by atoms with Crippen molar-refractivity contribution in [2.24, 2.45) is 0 Å². The van der Waals surface area contributed by atoms with Crippen molar-refractivity contribution in [3.63, 3.8) is 0 Å². The zero-order chi connectivity index (χ0) is 26.6. The molecule has 2 aromatic carbocycles. The normalized spacial score (nSPS) is 11.1. The average Bonchev–Trinajstić information content (AvgIpc) is 2.87. The van der Waals surface area contributed by atoms with E-state index in [2.05, 4.69) is 44.1 Å². The summed E-state index contributed by atoms with van der Waals surface area (Å²) >= 11 is 0. The molecule has 3 N–H and O–H groups in total. The van der Waals surface area contributed by atoms with Crippen molar-refractivity contribution < 1.29 is 22.0 Å². The zero-order valence-corrected chi connectivity index (χ0v) is 19.1. The minimum absolute atomic E-state index is 0.00366. The highest BCUT2D eigenvalue weighted by molar-refractivity contribution is 5.80. The second kappa shape index (κ2) is 10.4. The summed E-state index contributed by atoms with van der Waals surface area (Å²) in [4.78, 5) is 12.0. The Morgan fingerprint density at radius 3 is 2.35 bits per heavy atom. The van der Waals surface area contributed by atoms with Gasteiger partial charge in [-0.25, -0.2) is 14.4 Å². The van der Waals surface area contributed by atoms with Crippen molar-refractivity contribution in [3.8, 4) is 11.1 Å². The van der Waals surface area contributed by atoms with Gasteiger partial charge in [0.25, 0.3) is 0 Å². The number of rotatable bonds is 8. The lowest BCUT2D eigenvalue weighted by Crippen LogP contribution is -2.06. The Hall–Kier alpha value is -4.80. The number of pyridine rings is 1. The lowest BCUT2D eigenvalue weighted by atomic mass is 10.1. The number of hydrogen-bond acceptors (Lipinski definition) is 6. The quantitative estimate of drug-likeness (QED) is 0.130. The summed E-state index contributed by atoms with van der Waals surface area (Å²) in [6.45, 7) is 7.36. The lowest BCUT2D eigenvalue weighted by molar-refractivity contribution is -0.137. The van der Waals surface area contributed by atoms with Gasteiger partial charge in [0.2, 0.25) is 11.9 Å². The van der Waals surface area contributed by atoms with Crippen LogP contribution >= 0.6 is 0 Å². The molecule has 37 heavy (non-hydrogen) atoms. The monoisotopic (exact) mass is 510 g/mol. The maximum absolute atomic E-state index is 14.7. The molecule has 0 radical (unpaired) electrons. The molecule has 0 unspecified atom stereocenters. The van der Waals surface area contributed by atoms with E-state index in [9.17, 15) is 22.0 Å². The van der Waals surface area contributed by atoms with Crippen LogP contribution in [-0.2, 0) is 6.18 Å². The summed E-state index contributed by atoms with van der Waals surface area (Å²) in [6, 6.07) is 11.4. The van der Waals surface area contributed by atoms with Crippen molar-refractivity contribution in [1.29, 1.82) is 0 Å². The number of allylic oxidation sites excluding steroid dienone is 1. The molecule has 0 amide bonds. The fourth-order valence-electron chi connectivity index (χ4n) is 3.25. The molecule has 2 heterocycles. The molecular formula is C26H19F5N6. The molecule has 188 valence electrons. The summed E-state index contributed by atoms with van der Waals surface area (Å²) in [5.41, 5.74) is 0.765. The molecule has 4 rings (SSSR count). The van der Waals surface area contributed by atoms with Gasteiger partial charge in [0.05, 0.1) is 16.9 Å². The Morgan fingerprint density at radius 2 is 1.68 bits per heavy atom. The average molecular weight is 510 g/mol.